The fourth-order valence-corrected chi connectivity index (χ4v) is 2.75. The third kappa shape index (κ3) is 2.18. The lowest BCUT2D eigenvalue weighted by Crippen LogP contribution is -2.54. The maximum absolute atomic E-state index is 4.77. The SMILES string of the molecule is CC1CN(c2ccc3ccccc3n2)CC(C)N1. The van der Waals surface area contributed by atoms with E-state index < -0.39 is 0 Å². The Labute approximate surface area is 108 Å². The quantitative estimate of drug-likeness (QED) is 0.831. The molecule has 1 N–H and O–H groups in total. The maximum Gasteiger partial charge on any atom is 0.129 e. The van der Waals surface area contributed by atoms with E-state index in [1.807, 2.05) is 6.07 Å². The van der Waals surface area contributed by atoms with Crippen LogP contribution in [0.4, 0.5) is 5.82 Å². The average Bonchev–Trinajstić information content (AvgIpc) is 2.37. The molecule has 3 heteroatoms. The summed E-state index contributed by atoms with van der Waals surface area (Å²) in [5.74, 6) is 1.09. The van der Waals surface area contributed by atoms with Gasteiger partial charge < -0.3 is 10.2 Å². The van der Waals surface area contributed by atoms with Crippen molar-refractivity contribution in [1.82, 2.24) is 10.3 Å². The van der Waals surface area contributed by atoms with Gasteiger partial charge in [-0.05, 0) is 32.0 Å². The van der Waals surface area contributed by atoms with E-state index in [4.69, 9.17) is 4.98 Å². The molecule has 2 atom stereocenters. The number of nitrogens with zero attached hydrogens (tertiary/aromatic N) is 2. The van der Waals surface area contributed by atoms with Gasteiger partial charge in [0.25, 0.3) is 0 Å². The summed E-state index contributed by atoms with van der Waals surface area (Å²) in [6, 6.07) is 13.6. The second-order valence-electron chi connectivity index (χ2n) is 5.24. The smallest absolute Gasteiger partial charge is 0.129 e. The van der Waals surface area contributed by atoms with Gasteiger partial charge in [0.2, 0.25) is 0 Å². The molecule has 3 nitrogen and oxygen atoms in total. The second-order valence-corrected chi connectivity index (χ2v) is 5.24. The summed E-state index contributed by atoms with van der Waals surface area (Å²) in [4.78, 5) is 7.14. The van der Waals surface area contributed by atoms with Crippen molar-refractivity contribution in [2.24, 2.45) is 0 Å². The zero-order valence-electron chi connectivity index (χ0n) is 10.9. The number of hydrogen-bond acceptors (Lipinski definition) is 3. The van der Waals surface area contributed by atoms with Crippen molar-refractivity contribution in [2.75, 3.05) is 18.0 Å². The number of rotatable bonds is 1. The predicted octanol–water partition coefficient (Wildman–Crippen LogP) is 2.42. The van der Waals surface area contributed by atoms with Gasteiger partial charge >= 0.3 is 0 Å². The Balaban J connectivity index is 1.93. The Bertz CT molecular complexity index is 542. The lowest BCUT2D eigenvalue weighted by molar-refractivity contribution is 0.405. The van der Waals surface area contributed by atoms with Crippen LogP contribution in [0.5, 0.6) is 0 Å². The van der Waals surface area contributed by atoms with Gasteiger partial charge in [0.15, 0.2) is 0 Å². The maximum atomic E-state index is 4.77. The first-order chi connectivity index (χ1) is 8.72. The van der Waals surface area contributed by atoms with Gasteiger partial charge in [0.1, 0.15) is 5.82 Å². The normalized spacial score (nSPS) is 24.4. The fourth-order valence-electron chi connectivity index (χ4n) is 2.75. The zero-order chi connectivity index (χ0) is 12.5. The van der Waals surface area contributed by atoms with Crippen molar-refractivity contribution in [3.63, 3.8) is 0 Å². The highest BCUT2D eigenvalue weighted by atomic mass is 15.3. The largest absolute Gasteiger partial charge is 0.353 e. The van der Waals surface area contributed by atoms with E-state index >= 15 is 0 Å². The van der Waals surface area contributed by atoms with Crippen LogP contribution in [-0.4, -0.2) is 30.2 Å². The molecule has 18 heavy (non-hydrogen) atoms. The minimum atomic E-state index is 0.516. The second kappa shape index (κ2) is 4.58. The Morgan fingerprint density at radius 1 is 1.06 bits per heavy atom. The molecule has 2 unspecified atom stereocenters. The number of aromatic nitrogens is 1. The highest BCUT2D eigenvalue weighted by Gasteiger charge is 2.21. The first-order valence-corrected chi connectivity index (χ1v) is 6.59. The summed E-state index contributed by atoms with van der Waals surface area (Å²) in [5, 5.41) is 4.75. The molecule has 94 valence electrons. The van der Waals surface area contributed by atoms with E-state index in [9.17, 15) is 0 Å². The molecule has 3 rings (SSSR count). The minimum Gasteiger partial charge on any atom is -0.353 e. The molecule has 0 amide bonds. The Morgan fingerprint density at radius 3 is 2.56 bits per heavy atom. The number of pyridine rings is 1. The van der Waals surface area contributed by atoms with Gasteiger partial charge in [0, 0.05) is 30.6 Å². The van der Waals surface area contributed by atoms with Crippen LogP contribution in [0.15, 0.2) is 36.4 Å². The number of fused-ring (bicyclic) bond motifs is 1. The van der Waals surface area contributed by atoms with Crippen molar-refractivity contribution in [1.29, 1.82) is 0 Å². The number of para-hydroxylation sites is 1. The van der Waals surface area contributed by atoms with Gasteiger partial charge in [-0.25, -0.2) is 4.98 Å². The van der Waals surface area contributed by atoms with Crippen LogP contribution in [-0.2, 0) is 0 Å². The van der Waals surface area contributed by atoms with Crippen LogP contribution in [0.2, 0.25) is 0 Å². The summed E-state index contributed by atoms with van der Waals surface area (Å²) in [6.45, 7) is 6.50. The van der Waals surface area contributed by atoms with Gasteiger partial charge in [-0.3, -0.25) is 0 Å². The third-order valence-electron chi connectivity index (χ3n) is 3.47. The zero-order valence-corrected chi connectivity index (χ0v) is 10.9. The number of benzene rings is 1. The number of nitrogens with one attached hydrogen (secondary N) is 1. The summed E-state index contributed by atoms with van der Waals surface area (Å²) in [5.41, 5.74) is 1.08. The van der Waals surface area contributed by atoms with Crippen LogP contribution >= 0.6 is 0 Å². The topological polar surface area (TPSA) is 28.2 Å². The standard InChI is InChI=1S/C15H19N3/c1-11-9-18(10-12(2)16-11)15-8-7-13-5-3-4-6-14(13)17-15/h3-8,11-12,16H,9-10H2,1-2H3. The monoisotopic (exact) mass is 241 g/mol. The summed E-state index contributed by atoms with van der Waals surface area (Å²) >= 11 is 0. The van der Waals surface area contributed by atoms with E-state index in [0.29, 0.717) is 12.1 Å². The molecule has 1 aromatic heterocycles. The van der Waals surface area contributed by atoms with Crippen molar-refractivity contribution in [3.05, 3.63) is 36.4 Å². The summed E-state index contributed by atoms with van der Waals surface area (Å²) in [7, 11) is 0. The number of anilines is 1. The first-order valence-electron chi connectivity index (χ1n) is 6.59. The molecule has 1 aliphatic heterocycles. The van der Waals surface area contributed by atoms with Crippen molar-refractivity contribution >= 4 is 16.7 Å². The molecule has 1 aromatic carbocycles. The van der Waals surface area contributed by atoms with Crippen LogP contribution in [0, 0.1) is 0 Å². The van der Waals surface area contributed by atoms with Crippen LogP contribution < -0.4 is 10.2 Å². The molecular weight excluding hydrogens is 222 g/mol. The minimum absolute atomic E-state index is 0.516. The predicted molar refractivity (Wildman–Crippen MR) is 76.0 cm³/mol. The van der Waals surface area contributed by atoms with E-state index in [0.717, 1.165) is 24.4 Å². The van der Waals surface area contributed by atoms with Crippen LogP contribution in [0.25, 0.3) is 10.9 Å². The Morgan fingerprint density at radius 2 is 1.78 bits per heavy atom. The average molecular weight is 241 g/mol. The van der Waals surface area contributed by atoms with Gasteiger partial charge in [-0.2, -0.15) is 0 Å². The molecule has 1 aliphatic rings. The van der Waals surface area contributed by atoms with Gasteiger partial charge in [-0.15, -0.1) is 0 Å². The van der Waals surface area contributed by atoms with E-state index in [1.165, 1.54) is 5.39 Å². The Kier molecular flexibility index (Phi) is 2.92. The van der Waals surface area contributed by atoms with Crippen molar-refractivity contribution in [2.45, 2.75) is 25.9 Å². The summed E-state index contributed by atoms with van der Waals surface area (Å²) in [6.07, 6.45) is 0. The third-order valence-corrected chi connectivity index (χ3v) is 3.47. The molecule has 1 saturated heterocycles. The number of piperazine rings is 1. The molecule has 2 heterocycles. The molecule has 0 spiro atoms. The molecule has 0 bridgehead atoms. The lowest BCUT2D eigenvalue weighted by Gasteiger charge is -2.37. The molecule has 0 radical (unpaired) electrons. The molecule has 2 aromatic rings. The summed E-state index contributed by atoms with van der Waals surface area (Å²) < 4.78 is 0. The lowest BCUT2D eigenvalue weighted by atomic mass is 10.1. The first kappa shape index (κ1) is 11.5. The van der Waals surface area contributed by atoms with Crippen molar-refractivity contribution in [3.8, 4) is 0 Å². The number of hydrogen-bond donors (Lipinski definition) is 1. The fraction of sp³-hybridized carbons (Fsp3) is 0.400. The molecule has 1 fully saturated rings. The van der Waals surface area contributed by atoms with E-state index in [2.05, 4.69) is 54.4 Å². The van der Waals surface area contributed by atoms with Crippen molar-refractivity contribution < 1.29 is 0 Å². The van der Waals surface area contributed by atoms with Gasteiger partial charge in [-0.1, -0.05) is 18.2 Å². The van der Waals surface area contributed by atoms with Crippen LogP contribution in [0.1, 0.15) is 13.8 Å². The highest BCUT2D eigenvalue weighted by molar-refractivity contribution is 5.80. The highest BCUT2D eigenvalue weighted by Crippen LogP contribution is 2.19. The van der Waals surface area contributed by atoms with E-state index in [1.54, 1.807) is 0 Å². The Hall–Kier alpha value is -1.61. The van der Waals surface area contributed by atoms with Gasteiger partial charge in [0.05, 0.1) is 5.52 Å². The van der Waals surface area contributed by atoms with E-state index in [-0.39, 0.29) is 0 Å². The molecule has 0 aliphatic carbocycles. The molecule has 0 saturated carbocycles. The van der Waals surface area contributed by atoms with Crippen LogP contribution in [0.3, 0.4) is 0 Å². The molecular formula is C15H19N3.